The van der Waals surface area contributed by atoms with Gasteiger partial charge in [0.25, 0.3) is 0 Å². The van der Waals surface area contributed by atoms with Crippen molar-refractivity contribution in [3.63, 3.8) is 0 Å². The lowest BCUT2D eigenvalue weighted by molar-refractivity contribution is 0.835. The highest BCUT2D eigenvalue weighted by Crippen LogP contribution is 2.31. The Morgan fingerprint density at radius 1 is 0.750 bits per heavy atom. The summed E-state index contributed by atoms with van der Waals surface area (Å²) in [7, 11) is 0. The van der Waals surface area contributed by atoms with E-state index in [-0.39, 0.29) is 0 Å². The molecule has 3 rings (SSSR count). The summed E-state index contributed by atoms with van der Waals surface area (Å²) in [5, 5.41) is 0. The lowest BCUT2D eigenvalue weighted by atomic mass is 9.86. The fraction of sp³-hybridized carbons (Fsp3) is 0.300. The summed E-state index contributed by atoms with van der Waals surface area (Å²) in [5.41, 5.74) is 7.58. The van der Waals surface area contributed by atoms with Crippen LogP contribution < -0.4 is 0 Å². The third-order valence-corrected chi connectivity index (χ3v) is 4.28. The molecule has 0 heteroatoms. The summed E-state index contributed by atoms with van der Waals surface area (Å²) < 4.78 is 0. The molecule has 0 bridgehead atoms. The number of benzene rings is 1. The average Bonchev–Trinajstić information content (AvgIpc) is 2.50. The molecule has 0 saturated heterocycles. The average molecular weight is 262 g/mol. The number of hydrogen-bond donors (Lipinski definition) is 0. The molecule has 0 N–H and O–H groups in total. The van der Waals surface area contributed by atoms with Gasteiger partial charge in [-0.2, -0.15) is 0 Å². The molecule has 0 spiro atoms. The van der Waals surface area contributed by atoms with Crippen LogP contribution in [0.2, 0.25) is 0 Å². The fourth-order valence-electron chi connectivity index (χ4n) is 2.96. The highest BCUT2D eigenvalue weighted by atomic mass is 14.2. The van der Waals surface area contributed by atoms with Crippen LogP contribution in [0.25, 0.3) is 0 Å². The van der Waals surface area contributed by atoms with Gasteiger partial charge in [-0.25, -0.2) is 0 Å². The van der Waals surface area contributed by atoms with Crippen LogP contribution in [0.5, 0.6) is 0 Å². The zero-order valence-corrected chi connectivity index (χ0v) is 12.2. The molecule has 0 amide bonds. The van der Waals surface area contributed by atoms with E-state index in [1.807, 2.05) is 0 Å². The molecular weight excluding hydrogens is 240 g/mol. The van der Waals surface area contributed by atoms with E-state index in [9.17, 15) is 0 Å². The molecule has 1 aromatic carbocycles. The first-order chi connectivity index (χ1) is 9.81. The Bertz CT molecular complexity index is 594. The number of allylic oxidation sites excluding steroid dienone is 8. The molecule has 2 aliphatic rings. The summed E-state index contributed by atoms with van der Waals surface area (Å²) >= 11 is 0. The molecule has 0 unspecified atom stereocenters. The van der Waals surface area contributed by atoms with Crippen LogP contribution in [0.4, 0.5) is 0 Å². The molecule has 0 aliphatic heterocycles. The van der Waals surface area contributed by atoms with E-state index in [1.165, 1.54) is 36.8 Å². The van der Waals surface area contributed by atoms with Gasteiger partial charge < -0.3 is 0 Å². The first kappa shape index (κ1) is 13.2. The first-order valence-corrected chi connectivity index (χ1v) is 7.60. The van der Waals surface area contributed by atoms with Gasteiger partial charge in [-0.05, 0) is 55.7 Å². The Morgan fingerprint density at radius 3 is 2.05 bits per heavy atom. The van der Waals surface area contributed by atoms with Gasteiger partial charge in [0, 0.05) is 0 Å². The topological polar surface area (TPSA) is 0 Å². The van der Waals surface area contributed by atoms with Crippen LogP contribution >= 0.6 is 0 Å². The minimum atomic E-state index is 1.10. The van der Waals surface area contributed by atoms with Crippen molar-refractivity contribution < 1.29 is 0 Å². The largest absolute Gasteiger partial charge is 0.0730 e. The van der Waals surface area contributed by atoms with Crippen molar-refractivity contribution in [3.8, 4) is 0 Å². The van der Waals surface area contributed by atoms with Crippen molar-refractivity contribution in [2.24, 2.45) is 0 Å². The maximum atomic E-state index is 2.35. The molecule has 20 heavy (non-hydrogen) atoms. The van der Waals surface area contributed by atoms with E-state index in [0.717, 1.165) is 6.42 Å². The van der Waals surface area contributed by atoms with Crippen LogP contribution in [0, 0.1) is 0 Å². The van der Waals surface area contributed by atoms with Crippen LogP contribution in [-0.4, -0.2) is 0 Å². The minimum Gasteiger partial charge on any atom is -0.0730 e. The second-order valence-electron chi connectivity index (χ2n) is 5.88. The second kappa shape index (κ2) is 6.09. The minimum absolute atomic E-state index is 1.10. The summed E-state index contributed by atoms with van der Waals surface area (Å²) in [5.74, 6) is 0. The molecule has 1 aromatic rings. The zero-order valence-electron chi connectivity index (χ0n) is 12.2. The van der Waals surface area contributed by atoms with Crippen molar-refractivity contribution in [2.75, 3.05) is 0 Å². The summed E-state index contributed by atoms with van der Waals surface area (Å²) in [6.45, 7) is 2.22. The molecule has 0 heterocycles. The Labute approximate surface area is 122 Å². The van der Waals surface area contributed by atoms with Gasteiger partial charge in [0.2, 0.25) is 0 Å². The van der Waals surface area contributed by atoms with Crippen LogP contribution in [-0.2, 0) is 6.42 Å². The lowest BCUT2D eigenvalue weighted by Gasteiger charge is -2.19. The normalized spacial score (nSPS) is 18.9. The summed E-state index contributed by atoms with van der Waals surface area (Å²) in [6, 6.07) is 10.8. The third kappa shape index (κ3) is 3.19. The van der Waals surface area contributed by atoms with E-state index in [4.69, 9.17) is 0 Å². The van der Waals surface area contributed by atoms with Gasteiger partial charge in [-0.1, -0.05) is 65.8 Å². The highest BCUT2D eigenvalue weighted by Gasteiger charge is 2.12. The molecule has 0 nitrogen and oxygen atoms in total. The Morgan fingerprint density at radius 2 is 1.45 bits per heavy atom. The van der Waals surface area contributed by atoms with E-state index in [1.54, 1.807) is 16.7 Å². The lowest BCUT2D eigenvalue weighted by Crippen LogP contribution is -2.01. The number of hydrogen-bond acceptors (Lipinski definition) is 0. The van der Waals surface area contributed by atoms with Crippen molar-refractivity contribution in [2.45, 2.75) is 39.0 Å². The van der Waals surface area contributed by atoms with Crippen LogP contribution in [0.1, 0.15) is 38.2 Å². The molecular formula is C20H22. The monoisotopic (exact) mass is 262 g/mol. The predicted molar refractivity (Wildman–Crippen MR) is 86.6 cm³/mol. The van der Waals surface area contributed by atoms with Crippen LogP contribution in [0.15, 0.2) is 76.9 Å². The number of rotatable bonds is 3. The molecule has 0 atom stereocenters. The summed E-state index contributed by atoms with van der Waals surface area (Å²) in [4.78, 5) is 0. The van der Waals surface area contributed by atoms with E-state index in [0.29, 0.717) is 0 Å². The smallest absolute Gasteiger partial charge is 0.00639 e. The maximum absolute atomic E-state index is 2.35. The Balaban J connectivity index is 1.70. The van der Waals surface area contributed by atoms with E-state index < -0.39 is 0 Å². The molecule has 0 aromatic heterocycles. The van der Waals surface area contributed by atoms with Gasteiger partial charge in [0.15, 0.2) is 0 Å². The SMILES string of the molecule is CC1=CC=C(C2=CC=C(Cc3ccccc3)CC2)CC1. The van der Waals surface area contributed by atoms with Gasteiger partial charge >= 0.3 is 0 Å². The van der Waals surface area contributed by atoms with E-state index in [2.05, 4.69) is 61.6 Å². The fourth-order valence-corrected chi connectivity index (χ4v) is 2.96. The van der Waals surface area contributed by atoms with Crippen molar-refractivity contribution >= 4 is 0 Å². The maximum Gasteiger partial charge on any atom is -0.00639 e. The van der Waals surface area contributed by atoms with Crippen molar-refractivity contribution in [3.05, 3.63) is 82.5 Å². The Kier molecular flexibility index (Phi) is 4.01. The first-order valence-electron chi connectivity index (χ1n) is 7.60. The van der Waals surface area contributed by atoms with Gasteiger partial charge in [-0.3, -0.25) is 0 Å². The molecule has 102 valence electrons. The Hall–Kier alpha value is -1.82. The van der Waals surface area contributed by atoms with Crippen molar-refractivity contribution in [1.29, 1.82) is 0 Å². The second-order valence-corrected chi connectivity index (χ2v) is 5.88. The highest BCUT2D eigenvalue weighted by molar-refractivity contribution is 5.42. The molecule has 2 aliphatic carbocycles. The quantitative estimate of drug-likeness (QED) is 0.670. The molecule has 0 radical (unpaired) electrons. The van der Waals surface area contributed by atoms with Gasteiger partial charge in [0.1, 0.15) is 0 Å². The van der Waals surface area contributed by atoms with Crippen LogP contribution in [0.3, 0.4) is 0 Å². The summed E-state index contributed by atoms with van der Waals surface area (Å²) in [6.07, 6.45) is 15.3. The zero-order chi connectivity index (χ0) is 13.8. The van der Waals surface area contributed by atoms with Gasteiger partial charge in [0.05, 0.1) is 0 Å². The van der Waals surface area contributed by atoms with E-state index >= 15 is 0 Å². The van der Waals surface area contributed by atoms with Gasteiger partial charge in [-0.15, -0.1) is 0 Å². The van der Waals surface area contributed by atoms with Crippen molar-refractivity contribution in [1.82, 2.24) is 0 Å². The molecule has 0 fully saturated rings. The molecule has 0 saturated carbocycles. The predicted octanol–water partition coefficient (Wildman–Crippen LogP) is 5.54. The third-order valence-electron chi connectivity index (χ3n) is 4.28. The standard InChI is InChI=1S/C20H22/c1-16-7-11-19(12-8-16)20-13-9-18(10-14-20)15-17-5-3-2-4-6-17/h2-7,9,11,13H,8,10,12,14-15H2,1H3.